The van der Waals surface area contributed by atoms with E-state index in [9.17, 15) is 4.79 Å². The molecule has 0 aliphatic carbocycles. The van der Waals surface area contributed by atoms with Crippen molar-refractivity contribution in [2.24, 2.45) is 5.92 Å². The predicted molar refractivity (Wildman–Crippen MR) is 72.3 cm³/mol. The maximum Gasteiger partial charge on any atom is 0.238 e. The molecule has 2 rings (SSSR count). The number of carbonyl (C=O) groups is 1. The molecule has 0 fully saturated rings. The highest BCUT2D eigenvalue weighted by molar-refractivity contribution is 14.1. The normalized spacial score (nSPS) is 20.0. The van der Waals surface area contributed by atoms with Crippen molar-refractivity contribution in [2.45, 2.75) is 24.0 Å². The lowest BCUT2D eigenvalue weighted by molar-refractivity contribution is -0.116. The molecule has 1 aromatic carbocycles. The van der Waals surface area contributed by atoms with Gasteiger partial charge in [-0.15, -0.1) is 11.8 Å². The molecule has 0 aromatic heterocycles. The van der Waals surface area contributed by atoms with Gasteiger partial charge in [0.25, 0.3) is 0 Å². The van der Waals surface area contributed by atoms with Crippen molar-refractivity contribution in [3.8, 4) is 0 Å². The fourth-order valence-corrected chi connectivity index (χ4v) is 3.12. The zero-order valence-corrected chi connectivity index (χ0v) is 11.6. The lowest BCUT2D eigenvalue weighted by atomic mass is 10.1. The van der Waals surface area contributed by atoms with E-state index >= 15 is 0 Å². The third-order valence-corrected chi connectivity index (χ3v) is 4.61. The van der Waals surface area contributed by atoms with Gasteiger partial charge in [0, 0.05) is 8.47 Å². The summed E-state index contributed by atoms with van der Waals surface area (Å²) in [5.74, 6) is 0.493. The van der Waals surface area contributed by atoms with Crippen LogP contribution in [0.5, 0.6) is 0 Å². The lowest BCUT2D eigenvalue weighted by Gasteiger charge is -2.26. The minimum absolute atomic E-state index is 0.0394. The minimum atomic E-state index is 0.0394. The van der Waals surface area contributed by atoms with Gasteiger partial charge in [-0.3, -0.25) is 4.79 Å². The van der Waals surface area contributed by atoms with Crippen LogP contribution in [0.25, 0.3) is 0 Å². The second-order valence-corrected chi connectivity index (χ2v) is 6.34. The molecular weight excluding hydrogens is 321 g/mol. The van der Waals surface area contributed by atoms with Crippen molar-refractivity contribution in [3.63, 3.8) is 0 Å². The van der Waals surface area contributed by atoms with E-state index in [1.54, 1.807) is 11.8 Å². The number of benzene rings is 1. The molecule has 0 bridgehead atoms. The van der Waals surface area contributed by atoms with Crippen LogP contribution in [0.2, 0.25) is 0 Å². The Labute approximate surface area is 107 Å². The summed E-state index contributed by atoms with van der Waals surface area (Å²) in [4.78, 5) is 13.0. The Balaban J connectivity index is 2.34. The maximum absolute atomic E-state index is 11.8. The van der Waals surface area contributed by atoms with Crippen molar-refractivity contribution in [3.05, 3.63) is 21.8 Å². The molecule has 1 aliphatic rings. The fourth-order valence-electron chi connectivity index (χ4n) is 1.54. The first kappa shape index (κ1) is 11.3. The maximum atomic E-state index is 11.8. The number of fused-ring (bicyclic) bond motifs is 1. The van der Waals surface area contributed by atoms with Gasteiger partial charge >= 0.3 is 0 Å². The Morgan fingerprint density at radius 1 is 1.47 bits per heavy atom. The molecule has 0 saturated carbocycles. The Morgan fingerprint density at radius 3 is 2.87 bits per heavy atom. The van der Waals surface area contributed by atoms with Crippen molar-refractivity contribution in [1.29, 1.82) is 0 Å². The van der Waals surface area contributed by atoms with E-state index in [1.165, 1.54) is 4.90 Å². The van der Waals surface area contributed by atoms with Crippen LogP contribution >= 0.6 is 34.4 Å². The van der Waals surface area contributed by atoms with E-state index in [2.05, 4.69) is 53.9 Å². The summed E-state index contributed by atoms with van der Waals surface area (Å²) in [5.41, 5.74) is 0.953. The summed E-state index contributed by atoms with van der Waals surface area (Å²) >= 11 is 3.92. The van der Waals surface area contributed by atoms with Crippen molar-refractivity contribution in [1.82, 2.24) is 0 Å². The zero-order valence-electron chi connectivity index (χ0n) is 8.58. The molecular formula is C11H12INOS. The van der Waals surface area contributed by atoms with E-state index in [0.29, 0.717) is 5.92 Å². The standard InChI is InChI=1S/C11H12INOS/c1-6(2)10-11(14)13-8-5-7(12)3-4-9(8)15-10/h3-6,10H,1-2H3,(H,13,14). The molecule has 2 nitrogen and oxygen atoms in total. The Kier molecular flexibility index (Phi) is 3.25. The second kappa shape index (κ2) is 4.33. The topological polar surface area (TPSA) is 29.1 Å². The lowest BCUT2D eigenvalue weighted by Crippen LogP contribution is -2.32. The van der Waals surface area contributed by atoms with Crippen LogP contribution in [-0.4, -0.2) is 11.2 Å². The molecule has 1 aromatic rings. The molecule has 0 spiro atoms. The number of thioether (sulfide) groups is 1. The predicted octanol–water partition coefficient (Wildman–Crippen LogP) is 3.36. The van der Waals surface area contributed by atoms with Crippen molar-refractivity contribution >= 4 is 45.9 Å². The average molecular weight is 333 g/mol. The third-order valence-electron chi connectivity index (χ3n) is 2.32. The van der Waals surface area contributed by atoms with Crippen LogP contribution in [0.15, 0.2) is 23.1 Å². The van der Waals surface area contributed by atoms with Gasteiger partial charge < -0.3 is 5.32 Å². The van der Waals surface area contributed by atoms with Gasteiger partial charge in [-0.1, -0.05) is 13.8 Å². The molecule has 4 heteroatoms. The van der Waals surface area contributed by atoms with Crippen LogP contribution in [0, 0.1) is 9.49 Å². The van der Waals surface area contributed by atoms with Gasteiger partial charge in [-0.05, 0) is 46.7 Å². The first-order valence-electron chi connectivity index (χ1n) is 4.85. The third kappa shape index (κ3) is 2.30. The summed E-state index contributed by atoms with van der Waals surface area (Å²) in [6.07, 6.45) is 0. The summed E-state index contributed by atoms with van der Waals surface area (Å²) in [6.45, 7) is 4.16. The van der Waals surface area contributed by atoms with Crippen molar-refractivity contribution < 1.29 is 4.79 Å². The highest BCUT2D eigenvalue weighted by atomic mass is 127. The first-order chi connectivity index (χ1) is 7.08. The van der Waals surface area contributed by atoms with E-state index < -0.39 is 0 Å². The molecule has 0 saturated heterocycles. The molecule has 1 unspecified atom stereocenters. The molecule has 15 heavy (non-hydrogen) atoms. The van der Waals surface area contributed by atoms with E-state index in [1.807, 2.05) is 6.07 Å². The summed E-state index contributed by atoms with van der Waals surface area (Å²) in [5, 5.41) is 3.01. The number of anilines is 1. The number of halogens is 1. The molecule has 1 aliphatic heterocycles. The Morgan fingerprint density at radius 2 is 2.20 bits per heavy atom. The monoisotopic (exact) mass is 333 g/mol. The number of rotatable bonds is 1. The molecule has 1 atom stereocenters. The highest BCUT2D eigenvalue weighted by Gasteiger charge is 2.29. The molecule has 1 N–H and O–H groups in total. The smallest absolute Gasteiger partial charge is 0.238 e. The van der Waals surface area contributed by atoms with Crippen LogP contribution in [0.1, 0.15) is 13.8 Å². The SMILES string of the molecule is CC(C)C1Sc2ccc(I)cc2NC1=O. The first-order valence-corrected chi connectivity index (χ1v) is 6.81. The summed E-state index contributed by atoms with van der Waals surface area (Å²) in [7, 11) is 0. The average Bonchev–Trinajstić information content (AvgIpc) is 2.15. The fraction of sp³-hybridized carbons (Fsp3) is 0.364. The second-order valence-electron chi connectivity index (χ2n) is 3.91. The molecule has 80 valence electrons. The van der Waals surface area contributed by atoms with E-state index in [4.69, 9.17) is 0 Å². The number of amides is 1. The van der Waals surface area contributed by atoms with Gasteiger partial charge in [0.05, 0.1) is 10.9 Å². The van der Waals surface area contributed by atoms with Gasteiger partial charge in [-0.25, -0.2) is 0 Å². The van der Waals surface area contributed by atoms with Crippen LogP contribution in [0.3, 0.4) is 0 Å². The Hall–Kier alpha value is -0.230. The van der Waals surface area contributed by atoms with Gasteiger partial charge in [0.2, 0.25) is 5.91 Å². The van der Waals surface area contributed by atoms with Crippen molar-refractivity contribution in [2.75, 3.05) is 5.32 Å². The highest BCUT2D eigenvalue weighted by Crippen LogP contribution is 2.38. The zero-order chi connectivity index (χ0) is 11.0. The van der Waals surface area contributed by atoms with Crippen LogP contribution in [0.4, 0.5) is 5.69 Å². The Bertz CT molecular complexity index is 406. The van der Waals surface area contributed by atoms with E-state index in [0.717, 1.165) is 9.26 Å². The van der Waals surface area contributed by atoms with Gasteiger partial charge in [0.15, 0.2) is 0 Å². The molecule has 1 amide bonds. The van der Waals surface area contributed by atoms with Crippen LogP contribution in [-0.2, 0) is 4.79 Å². The quantitative estimate of drug-likeness (QED) is 0.799. The number of hydrogen-bond acceptors (Lipinski definition) is 2. The molecule has 0 radical (unpaired) electrons. The number of hydrogen-bond donors (Lipinski definition) is 1. The molecule has 1 heterocycles. The summed E-state index contributed by atoms with van der Waals surface area (Å²) < 4.78 is 1.15. The minimum Gasteiger partial charge on any atom is -0.324 e. The van der Waals surface area contributed by atoms with E-state index in [-0.39, 0.29) is 11.2 Å². The number of nitrogens with one attached hydrogen (secondary N) is 1. The largest absolute Gasteiger partial charge is 0.324 e. The van der Waals surface area contributed by atoms with Gasteiger partial charge in [0.1, 0.15) is 0 Å². The van der Waals surface area contributed by atoms with Gasteiger partial charge in [-0.2, -0.15) is 0 Å². The van der Waals surface area contributed by atoms with Crippen LogP contribution < -0.4 is 5.32 Å². The number of carbonyl (C=O) groups excluding carboxylic acids is 1. The summed E-state index contributed by atoms with van der Waals surface area (Å²) in [6, 6.07) is 6.16.